The number of hydrogen-bond acceptors (Lipinski definition) is 5. The second kappa shape index (κ2) is 7.79. The molecule has 1 aliphatic heterocycles. The molecule has 0 atom stereocenters. The summed E-state index contributed by atoms with van der Waals surface area (Å²) in [5.74, 6) is 1.41. The molecule has 0 bridgehead atoms. The van der Waals surface area contributed by atoms with Gasteiger partial charge in [0.1, 0.15) is 5.75 Å². The summed E-state index contributed by atoms with van der Waals surface area (Å²) in [6.45, 7) is 13.8. The van der Waals surface area contributed by atoms with Crippen LogP contribution < -0.4 is 4.74 Å². The monoisotopic (exact) mass is 376 g/mol. The summed E-state index contributed by atoms with van der Waals surface area (Å²) in [4.78, 5) is 11.5. The number of carbonyl (C=O) groups excluding carboxylic acids is 1. The molecule has 0 N–H and O–H groups in total. The highest BCUT2D eigenvalue weighted by Gasteiger charge is 2.52. The zero-order valence-electron chi connectivity index (χ0n) is 17.1. The molecule has 1 aromatic rings. The minimum absolute atomic E-state index is 0.0788. The SMILES string of the molecule is COc1cc(C)c(C=C(CSC(C)=O)B2OC(C)(C)C(C)(C)O2)cc1C. The Labute approximate surface area is 161 Å². The van der Waals surface area contributed by atoms with Gasteiger partial charge in [0.2, 0.25) is 0 Å². The molecule has 0 aromatic heterocycles. The van der Waals surface area contributed by atoms with Crippen LogP contribution in [0.4, 0.5) is 0 Å². The fraction of sp³-hybridized carbons (Fsp3) is 0.550. The Bertz CT molecular complexity index is 709. The zero-order valence-corrected chi connectivity index (χ0v) is 17.9. The summed E-state index contributed by atoms with van der Waals surface area (Å²) >= 11 is 1.27. The van der Waals surface area contributed by atoms with E-state index in [4.69, 9.17) is 14.0 Å². The van der Waals surface area contributed by atoms with Crippen molar-refractivity contribution in [3.8, 4) is 5.75 Å². The predicted molar refractivity (Wildman–Crippen MR) is 110 cm³/mol. The van der Waals surface area contributed by atoms with Gasteiger partial charge in [0.05, 0.1) is 18.3 Å². The van der Waals surface area contributed by atoms with Crippen LogP contribution in [-0.4, -0.2) is 36.3 Å². The maximum absolute atomic E-state index is 11.5. The lowest BCUT2D eigenvalue weighted by atomic mass is 9.78. The normalized spacial score (nSPS) is 18.9. The van der Waals surface area contributed by atoms with Crippen molar-refractivity contribution in [2.24, 2.45) is 0 Å². The molecule has 4 nitrogen and oxygen atoms in total. The molecular formula is C20H29BO4S. The van der Waals surface area contributed by atoms with Crippen molar-refractivity contribution in [3.05, 3.63) is 34.3 Å². The number of rotatable bonds is 5. The lowest BCUT2D eigenvalue weighted by Crippen LogP contribution is -2.41. The number of ether oxygens (including phenoxy) is 1. The average Bonchev–Trinajstić information content (AvgIpc) is 2.74. The molecule has 6 heteroatoms. The molecular weight excluding hydrogens is 347 g/mol. The van der Waals surface area contributed by atoms with Crippen molar-refractivity contribution < 1.29 is 18.8 Å². The van der Waals surface area contributed by atoms with E-state index in [1.165, 1.54) is 11.8 Å². The highest BCUT2D eigenvalue weighted by molar-refractivity contribution is 8.13. The number of aryl methyl sites for hydroxylation is 2. The van der Waals surface area contributed by atoms with Crippen LogP contribution in [0.25, 0.3) is 6.08 Å². The van der Waals surface area contributed by atoms with Crippen molar-refractivity contribution in [1.29, 1.82) is 0 Å². The van der Waals surface area contributed by atoms with Crippen molar-refractivity contribution in [1.82, 2.24) is 0 Å². The van der Waals surface area contributed by atoms with Crippen molar-refractivity contribution in [2.75, 3.05) is 12.9 Å². The second-order valence-corrected chi connectivity index (χ2v) is 8.92. The number of methoxy groups -OCH3 is 1. The molecule has 1 aromatic carbocycles. The molecule has 0 aliphatic carbocycles. The van der Waals surface area contributed by atoms with Crippen LogP contribution in [-0.2, 0) is 14.1 Å². The molecule has 0 spiro atoms. The van der Waals surface area contributed by atoms with Crippen molar-refractivity contribution >= 4 is 30.1 Å². The Kier molecular flexibility index (Phi) is 6.31. The Hall–Kier alpha value is -1.24. The van der Waals surface area contributed by atoms with E-state index in [0.717, 1.165) is 27.9 Å². The van der Waals surface area contributed by atoms with Crippen molar-refractivity contribution in [3.63, 3.8) is 0 Å². The maximum Gasteiger partial charge on any atom is 0.491 e. The van der Waals surface area contributed by atoms with Gasteiger partial charge in [0.15, 0.2) is 5.12 Å². The molecule has 0 saturated carbocycles. The first-order valence-electron chi connectivity index (χ1n) is 8.81. The van der Waals surface area contributed by atoms with E-state index < -0.39 is 18.3 Å². The van der Waals surface area contributed by atoms with Gasteiger partial charge in [-0.1, -0.05) is 17.8 Å². The first kappa shape index (κ1) is 21.1. The van der Waals surface area contributed by atoms with E-state index in [1.54, 1.807) is 14.0 Å². The van der Waals surface area contributed by atoms with E-state index in [9.17, 15) is 4.79 Å². The lowest BCUT2D eigenvalue weighted by Gasteiger charge is -2.32. The fourth-order valence-electron chi connectivity index (χ4n) is 2.74. The van der Waals surface area contributed by atoms with Gasteiger partial charge < -0.3 is 14.0 Å². The molecule has 0 radical (unpaired) electrons. The van der Waals surface area contributed by atoms with E-state index in [0.29, 0.717) is 5.75 Å². The summed E-state index contributed by atoms with van der Waals surface area (Å²) in [6, 6.07) is 4.12. The summed E-state index contributed by atoms with van der Waals surface area (Å²) in [5.41, 5.74) is 3.38. The van der Waals surface area contributed by atoms with Gasteiger partial charge in [-0.2, -0.15) is 0 Å². The highest BCUT2D eigenvalue weighted by atomic mass is 32.2. The van der Waals surface area contributed by atoms with E-state index in [-0.39, 0.29) is 5.12 Å². The molecule has 1 fully saturated rings. The quantitative estimate of drug-likeness (QED) is 0.703. The van der Waals surface area contributed by atoms with Crippen LogP contribution in [0.5, 0.6) is 5.75 Å². The molecule has 142 valence electrons. The molecule has 1 heterocycles. The molecule has 2 rings (SSSR count). The van der Waals surface area contributed by atoms with Gasteiger partial charge in [-0.15, -0.1) is 0 Å². The van der Waals surface area contributed by atoms with E-state index in [2.05, 4.69) is 12.1 Å². The van der Waals surface area contributed by atoms with E-state index in [1.807, 2.05) is 47.6 Å². The summed E-state index contributed by atoms with van der Waals surface area (Å²) in [7, 11) is 1.21. The Morgan fingerprint density at radius 2 is 1.73 bits per heavy atom. The van der Waals surface area contributed by atoms with E-state index >= 15 is 0 Å². The van der Waals surface area contributed by atoms with Crippen LogP contribution in [0.3, 0.4) is 0 Å². The minimum Gasteiger partial charge on any atom is -0.496 e. The molecule has 26 heavy (non-hydrogen) atoms. The lowest BCUT2D eigenvalue weighted by molar-refractivity contribution is -0.109. The predicted octanol–water partition coefficient (Wildman–Crippen LogP) is 4.61. The smallest absolute Gasteiger partial charge is 0.491 e. The second-order valence-electron chi connectivity index (χ2n) is 7.77. The third-order valence-electron chi connectivity index (χ3n) is 5.12. The zero-order chi connectivity index (χ0) is 19.7. The van der Waals surface area contributed by atoms with Crippen LogP contribution in [0, 0.1) is 13.8 Å². The maximum atomic E-state index is 11.5. The van der Waals surface area contributed by atoms with Gasteiger partial charge in [-0.05, 0) is 75.8 Å². The number of benzene rings is 1. The first-order valence-corrected chi connectivity index (χ1v) is 9.80. The largest absolute Gasteiger partial charge is 0.496 e. The summed E-state index contributed by atoms with van der Waals surface area (Å²) in [5, 5.41) is 0.0788. The summed E-state index contributed by atoms with van der Waals surface area (Å²) in [6.07, 6.45) is 2.08. The van der Waals surface area contributed by atoms with Gasteiger partial charge in [-0.3, -0.25) is 4.79 Å². The molecule has 0 unspecified atom stereocenters. The standard InChI is InChI=1S/C20H29BO4S/c1-13-10-18(23-8)14(2)9-16(13)11-17(12-26-15(3)22)21-24-19(4,5)20(6,7)25-21/h9-11H,12H2,1-8H3. The number of thioether (sulfide) groups is 1. The Morgan fingerprint density at radius 3 is 2.23 bits per heavy atom. The third kappa shape index (κ3) is 4.53. The van der Waals surface area contributed by atoms with Crippen LogP contribution in [0.1, 0.15) is 51.3 Å². The van der Waals surface area contributed by atoms with Gasteiger partial charge in [0, 0.05) is 12.7 Å². The summed E-state index contributed by atoms with van der Waals surface area (Å²) < 4.78 is 17.8. The van der Waals surface area contributed by atoms with Crippen LogP contribution in [0.2, 0.25) is 0 Å². The van der Waals surface area contributed by atoms with Crippen LogP contribution >= 0.6 is 11.8 Å². The molecule has 1 aliphatic rings. The number of carbonyl (C=O) groups is 1. The Balaban J connectivity index is 2.41. The highest BCUT2D eigenvalue weighted by Crippen LogP contribution is 2.39. The van der Waals surface area contributed by atoms with Crippen molar-refractivity contribution in [2.45, 2.75) is 59.7 Å². The minimum atomic E-state index is -0.464. The van der Waals surface area contributed by atoms with Gasteiger partial charge >= 0.3 is 7.12 Å². The fourth-order valence-corrected chi connectivity index (χ4v) is 3.33. The topological polar surface area (TPSA) is 44.8 Å². The molecule has 1 saturated heterocycles. The Morgan fingerprint density at radius 1 is 1.15 bits per heavy atom. The van der Waals surface area contributed by atoms with Gasteiger partial charge in [0.25, 0.3) is 0 Å². The third-order valence-corrected chi connectivity index (χ3v) is 6.01. The van der Waals surface area contributed by atoms with Crippen LogP contribution in [0.15, 0.2) is 17.6 Å². The number of hydrogen-bond donors (Lipinski definition) is 0. The first-order chi connectivity index (χ1) is 12.0. The average molecular weight is 376 g/mol. The molecule has 0 amide bonds. The van der Waals surface area contributed by atoms with Gasteiger partial charge in [-0.25, -0.2) is 0 Å².